The molecule has 100 valence electrons. The van der Waals surface area contributed by atoms with Gasteiger partial charge in [0, 0.05) is 6.54 Å². The maximum Gasteiger partial charge on any atom is 0.142 e. The Morgan fingerprint density at radius 2 is 1.94 bits per heavy atom. The summed E-state index contributed by atoms with van der Waals surface area (Å²) in [5.74, 6) is 0.988. The van der Waals surface area contributed by atoms with Crippen LogP contribution in [0.4, 0.5) is 5.69 Å². The first-order valence-electron chi connectivity index (χ1n) is 7.05. The molecule has 3 nitrogen and oxygen atoms in total. The van der Waals surface area contributed by atoms with Crippen LogP contribution in [-0.2, 0) is 0 Å². The van der Waals surface area contributed by atoms with Crippen LogP contribution < -0.4 is 10.1 Å². The van der Waals surface area contributed by atoms with Crippen molar-refractivity contribution < 1.29 is 4.74 Å². The fraction of sp³-hybridized carbons (Fsp3) is 0.600. The fourth-order valence-electron chi connectivity index (χ4n) is 2.48. The second-order valence-electron chi connectivity index (χ2n) is 4.92. The summed E-state index contributed by atoms with van der Waals surface area (Å²) in [7, 11) is 0. The Morgan fingerprint density at radius 1 is 1.22 bits per heavy atom. The third-order valence-corrected chi connectivity index (χ3v) is 3.24. The molecule has 2 rings (SSSR count). The molecule has 0 spiro atoms. The van der Waals surface area contributed by atoms with Gasteiger partial charge in [0.2, 0.25) is 0 Å². The van der Waals surface area contributed by atoms with E-state index in [-0.39, 0.29) is 6.10 Å². The number of ether oxygens (including phenoxy) is 1. The molecular formula is C15H24N2O. The van der Waals surface area contributed by atoms with E-state index in [9.17, 15) is 0 Å². The minimum absolute atomic E-state index is 0.262. The normalized spacial score (nSPS) is 18.1. The standard InChI is InChI=1S/C15H24N2O/c1-3-9-17(10-4-2)12-13-11-16-14-7-5-6-8-15(14)18-13/h5-8,13,16H,3-4,9-12H2,1-2H3. The highest BCUT2D eigenvalue weighted by Crippen LogP contribution is 2.28. The summed E-state index contributed by atoms with van der Waals surface area (Å²) in [6.07, 6.45) is 2.67. The Hall–Kier alpha value is -1.22. The van der Waals surface area contributed by atoms with Crippen molar-refractivity contribution in [3.8, 4) is 5.75 Å². The second kappa shape index (κ2) is 6.64. The van der Waals surface area contributed by atoms with E-state index in [1.807, 2.05) is 18.2 Å². The van der Waals surface area contributed by atoms with Gasteiger partial charge in [-0.05, 0) is 38.1 Å². The molecule has 0 saturated heterocycles. The van der Waals surface area contributed by atoms with Crippen LogP contribution in [0.3, 0.4) is 0 Å². The summed E-state index contributed by atoms with van der Waals surface area (Å²) in [5.41, 5.74) is 1.12. The van der Waals surface area contributed by atoms with E-state index in [1.165, 1.54) is 12.8 Å². The summed E-state index contributed by atoms with van der Waals surface area (Å²) in [6, 6.07) is 8.18. The summed E-state index contributed by atoms with van der Waals surface area (Å²) in [6.45, 7) is 8.71. The van der Waals surface area contributed by atoms with Gasteiger partial charge in [-0.25, -0.2) is 0 Å². The van der Waals surface area contributed by atoms with Gasteiger partial charge in [-0.3, -0.25) is 4.90 Å². The number of nitrogens with zero attached hydrogens (tertiary/aromatic N) is 1. The molecule has 0 radical (unpaired) electrons. The van der Waals surface area contributed by atoms with Gasteiger partial charge in [0.25, 0.3) is 0 Å². The molecule has 1 N–H and O–H groups in total. The lowest BCUT2D eigenvalue weighted by Crippen LogP contribution is -2.42. The molecule has 1 unspecified atom stereocenters. The van der Waals surface area contributed by atoms with E-state index < -0.39 is 0 Å². The van der Waals surface area contributed by atoms with Gasteiger partial charge in [-0.15, -0.1) is 0 Å². The largest absolute Gasteiger partial charge is 0.485 e. The van der Waals surface area contributed by atoms with Crippen LogP contribution in [0.25, 0.3) is 0 Å². The second-order valence-corrected chi connectivity index (χ2v) is 4.92. The number of hydrogen-bond donors (Lipinski definition) is 1. The average Bonchev–Trinajstić information content (AvgIpc) is 2.39. The topological polar surface area (TPSA) is 24.5 Å². The third kappa shape index (κ3) is 3.39. The molecule has 1 aromatic carbocycles. The molecule has 0 fully saturated rings. The van der Waals surface area contributed by atoms with Gasteiger partial charge in [-0.1, -0.05) is 26.0 Å². The first kappa shape index (κ1) is 13.2. The minimum atomic E-state index is 0.262. The van der Waals surface area contributed by atoms with Gasteiger partial charge in [-0.2, -0.15) is 0 Å². The van der Waals surface area contributed by atoms with Crippen molar-refractivity contribution in [3.05, 3.63) is 24.3 Å². The third-order valence-electron chi connectivity index (χ3n) is 3.24. The van der Waals surface area contributed by atoms with Crippen LogP contribution in [0.1, 0.15) is 26.7 Å². The lowest BCUT2D eigenvalue weighted by atomic mass is 10.2. The highest BCUT2D eigenvalue weighted by atomic mass is 16.5. The van der Waals surface area contributed by atoms with Gasteiger partial charge in [0.15, 0.2) is 0 Å². The van der Waals surface area contributed by atoms with Crippen molar-refractivity contribution in [1.29, 1.82) is 0 Å². The van der Waals surface area contributed by atoms with Crippen molar-refractivity contribution in [2.24, 2.45) is 0 Å². The summed E-state index contributed by atoms with van der Waals surface area (Å²) < 4.78 is 6.05. The van der Waals surface area contributed by atoms with Gasteiger partial charge < -0.3 is 10.1 Å². The van der Waals surface area contributed by atoms with Crippen molar-refractivity contribution >= 4 is 5.69 Å². The van der Waals surface area contributed by atoms with Crippen LogP contribution in [0.5, 0.6) is 5.75 Å². The summed E-state index contributed by atoms with van der Waals surface area (Å²) >= 11 is 0. The van der Waals surface area contributed by atoms with Crippen LogP contribution in [0, 0.1) is 0 Å². The fourth-order valence-corrected chi connectivity index (χ4v) is 2.48. The van der Waals surface area contributed by atoms with E-state index in [0.29, 0.717) is 0 Å². The lowest BCUT2D eigenvalue weighted by Gasteiger charge is -2.31. The van der Waals surface area contributed by atoms with Gasteiger partial charge in [0.05, 0.1) is 12.2 Å². The smallest absolute Gasteiger partial charge is 0.142 e. The molecule has 0 bridgehead atoms. The first-order chi connectivity index (χ1) is 8.83. The van der Waals surface area contributed by atoms with E-state index in [0.717, 1.165) is 37.6 Å². The molecule has 1 heterocycles. The number of hydrogen-bond acceptors (Lipinski definition) is 3. The Morgan fingerprint density at radius 3 is 2.67 bits per heavy atom. The van der Waals surface area contributed by atoms with Crippen molar-refractivity contribution in [1.82, 2.24) is 4.90 Å². The average molecular weight is 248 g/mol. The van der Waals surface area contributed by atoms with E-state index in [4.69, 9.17) is 4.74 Å². The highest BCUT2D eigenvalue weighted by Gasteiger charge is 2.20. The van der Waals surface area contributed by atoms with Gasteiger partial charge >= 0.3 is 0 Å². The van der Waals surface area contributed by atoms with Crippen LogP contribution in [-0.4, -0.2) is 37.2 Å². The number of nitrogens with one attached hydrogen (secondary N) is 1. The SMILES string of the molecule is CCCN(CCC)CC1CNc2ccccc2O1. The Bertz CT molecular complexity index is 361. The predicted octanol–water partition coefficient (Wildman–Crippen LogP) is 2.98. The van der Waals surface area contributed by atoms with E-state index in [1.54, 1.807) is 0 Å². The van der Waals surface area contributed by atoms with E-state index >= 15 is 0 Å². The van der Waals surface area contributed by atoms with Crippen LogP contribution in [0.15, 0.2) is 24.3 Å². The summed E-state index contributed by atoms with van der Waals surface area (Å²) in [5, 5.41) is 3.45. The number of anilines is 1. The molecule has 0 saturated carbocycles. The predicted molar refractivity (Wildman–Crippen MR) is 76.4 cm³/mol. The minimum Gasteiger partial charge on any atom is -0.485 e. The number of rotatable bonds is 6. The molecule has 1 aromatic rings. The van der Waals surface area contributed by atoms with Crippen molar-refractivity contribution in [3.63, 3.8) is 0 Å². The Kier molecular flexibility index (Phi) is 4.88. The molecule has 1 aliphatic rings. The molecular weight excluding hydrogens is 224 g/mol. The first-order valence-corrected chi connectivity index (χ1v) is 7.05. The molecule has 3 heteroatoms. The molecule has 0 aliphatic carbocycles. The molecule has 1 aliphatic heterocycles. The number of para-hydroxylation sites is 2. The van der Waals surface area contributed by atoms with E-state index in [2.05, 4.69) is 30.1 Å². The Labute approximate surface area is 110 Å². The van der Waals surface area contributed by atoms with Crippen molar-refractivity contribution in [2.75, 3.05) is 31.5 Å². The zero-order valence-electron chi connectivity index (χ0n) is 11.5. The van der Waals surface area contributed by atoms with Crippen LogP contribution in [0.2, 0.25) is 0 Å². The quantitative estimate of drug-likeness (QED) is 0.837. The maximum absolute atomic E-state index is 6.05. The summed E-state index contributed by atoms with van der Waals surface area (Å²) in [4.78, 5) is 2.50. The zero-order valence-corrected chi connectivity index (χ0v) is 11.5. The van der Waals surface area contributed by atoms with Crippen molar-refractivity contribution in [2.45, 2.75) is 32.8 Å². The Balaban J connectivity index is 1.91. The van der Waals surface area contributed by atoms with Crippen LogP contribution >= 0.6 is 0 Å². The maximum atomic E-state index is 6.05. The zero-order chi connectivity index (χ0) is 12.8. The number of benzene rings is 1. The molecule has 1 atom stereocenters. The molecule has 0 amide bonds. The lowest BCUT2D eigenvalue weighted by molar-refractivity contribution is 0.135. The monoisotopic (exact) mass is 248 g/mol. The molecule has 0 aromatic heterocycles. The molecule has 18 heavy (non-hydrogen) atoms. The number of fused-ring (bicyclic) bond motifs is 1. The highest BCUT2D eigenvalue weighted by molar-refractivity contribution is 5.57. The van der Waals surface area contributed by atoms with Gasteiger partial charge in [0.1, 0.15) is 11.9 Å².